The average Bonchev–Trinajstić information content (AvgIpc) is 2.98. The van der Waals surface area contributed by atoms with Crippen molar-refractivity contribution in [1.82, 2.24) is 5.32 Å². The van der Waals surface area contributed by atoms with Gasteiger partial charge in [0.15, 0.2) is 6.61 Å². The number of esters is 1. The molecule has 0 radical (unpaired) electrons. The summed E-state index contributed by atoms with van der Waals surface area (Å²) < 4.78 is 11.0. The highest BCUT2D eigenvalue weighted by Crippen LogP contribution is 2.19. The third kappa shape index (κ3) is 4.71. The molecule has 1 heterocycles. The molecule has 7 heteroatoms. The molecule has 1 aliphatic heterocycles. The van der Waals surface area contributed by atoms with Crippen LogP contribution in [-0.2, 0) is 14.3 Å². The molecular formula is C14H17BrN2O4. The van der Waals surface area contributed by atoms with Crippen LogP contribution in [0.15, 0.2) is 22.7 Å². The van der Waals surface area contributed by atoms with Crippen molar-refractivity contribution in [2.24, 2.45) is 0 Å². The van der Waals surface area contributed by atoms with Crippen LogP contribution in [0, 0.1) is 0 Å². The molecule has 1 aromatic carbocycles. The topological polar surface area (TPSA) is 90.7 Å². The molecule has 0 bridgehead atoms. The number of nitrogens with one attached hydrogen (secondary N) is 1. The van der Waals surface area contributed by atoms with E-state index in [-0.39, 0.29) is 24.2 Å². The quantitative estimate of drug-likeness (QED) is 0.615. The minimum absolute atomic E-state index is 0.0605. The Balaban J connectivity index is 1.77. The molecule has 1 aromatic rings. The van der Waals surface area contributed by atoms with Crippen LogP contribution in [-0.4, -0.2) is 37.7 Å². The molecule has 1 atom stereocenters. The molecule has 0 saturated carbocycles. The first-order valence-electron chi connectivity index (χ1n) is 6.66. The fourth-order valence-corrected chi connectivity index (χ4v) is 2.36. The van der Waals surface area contributed by atoms with Gasteiger partial charge >= 0.3 is 5.97 Å². The molecule has 0 aromatic heterocycles. The molecule has 0 aliphatic carbocycles. The van der Waals surface area contributed by atoms with E-state index in [1.54, 1.807) is 18.2 Å². The van der Waals surface area contributed by atoms with E-state index in [1.165, 1.54) is 0 Å². The van der Waals surface area contributed by atoms with Gasteiger partial charge in [0.05, 0.1) is 11.7 Å². The largest absolute Gasteiger partial charge is 0.452 e. The fraction of sp³-hybridized carbons (Fsp3) is 0.429. The third-order valence-corrected chi connectivity index (χ3v) is 3.61. The predicted octanol–water partition coefficient (Wildman–Crippen LogP) is 1.48. The first kappa shape index (κ1) is 15.8. The van der Waals surface area contributed by atoms with Crippen molar-refractivity contribution in [3.63, 3.8) is 0 Å². The van der Waals surface area contributed by atoms with E-state index in [4.69, 9.17) is 15.2 Å². The minimum Gasteiger partial charge on any atom is -0.452 e. The maximum atomic E-state index is 11.9. The van der Waals surface area contributed by atoms with Gasteiger partial charge in [-0.25, -0.2) is 4.79 Å². The Hall–Kier alpha value is -1.60. The summed E-state index contributed by atoms with van der Waals surface area (Å²) in [6.45, 7) is 0.838. The second-order valence-electron chi connectivity index (χ2n) is 4.75. The smallest absolute Gasteiger partial charge is 0.340 e. The minimum atomic E-state index is -0.624. The van der Waals surface area contributed by atoms with E-state index in [0.29, 0.717) is 16.7 Å². The Bertz CT molecular complexity index is 530. The first-order valence-corrected chi connectivity index (χ1v) is 7.46. The molecule has 1 aliphatic rings. The Labute approximate surface area is 131 Å². The number of halogens is 1. The number of carbonyl (C=O) groups excluding carboxylic acids is 2. The van der Waals surface area contributed by atoms with Gasteiger partial charge in [-0.3, -0.25) is 4.79 Å². The van der Waals surface area contributed by atoms with Gasteiger partial charge in [-0.1, -0.05) is 15.9 Å². The van der Waals surface area contributed by atoms with Gasteiger partial charge in [0.2, 0.25) is 0 Å². The normalized spacial score (nSPS) is 17.5. The van der Waals surface area contributed by atoms with E-state index < -0.39 is 5.97 Å². The van der Waals surface area contributed by atoms with Gasteiger partial charge < -0.3 is 20.5 Å². The van der Waals surface area contributed by atoms with Gasteiger partial charge in [-0.2, -0.15) is 0 Å². The van der Waals surface area contributed by atoms with Crippen LogP contribution in [0.2, 0.25) is 0 Å². The monoisotopic (exact) mass is 356 g/mol. The summed E-state index contributed by atoms with van der Waals surface area (Å²) in [5.41, 5.74) is 6.24. The van der Waals surface area contributed by atoms with Crippen molar-refractivity contribution in [3.8, 4) is 0 Å². The molecule has 21 heavy (non-hydrogen) atoms. The van der Waals surface area contributed by atoms with E-state index in [9.17, 15) is 9.59 Å². The third-order valence-electron chi connectivity index (χ3n) is 3.12. The first-order chi connectivity index (χ1) is 10.1. The molecule has 2 rings (SSSR count). The number of nitrogens with two attached hydrogens (primary N) is 1. The van der Waals surface area contributed by atoms with E-state index in [0.717, 1.165) is 19.4 Å². The van der Waals surface area contributed by atoms with Gasteiger partial charge in [-0.15, -0.1) is 0 Å². The van der Waals surface area contributed by atoms with Gasteiger partial charge in [0, 0.05) is 23.3 Å². The van der Waals surface area contributed by atoms with E-state index in [1.807, 2.05) is 0 Å². The molecule has 6 nitrogen and oxygen atoms in total. The summed E-state index contributed by atoms with van der Waals surface area (Å²) in [5.74, 6) is -0.978. The van der Waals surface area contributed by atoms with Crippen LogP contribution < -0.4 is 11.1 Å². The SMILES string of the molecule is Nc1ccc(Br)cc1C(=O)OCC(=O)NCC1CCCO1. The Morgan fingerprint density at radius 3 is 3.00 bits per heavy atom. The van der Waals surface area contributed by atoms with E-state index in [2.05, 4.69) is 21.2 Å². The highest BCUT2D eigenvalue weighted by atomic mass is 79.9. The van der Waals surface area contributed by atoms with Crippen LogP contribution >= 0.6 is 15.9 Å². The highest BCUT2D eigenvalue weighted by Gasteiger charge is 2.17. The number of hydrogen-bond acceptors (Lipinski definition) is 5. The van der Waals surface area contributed by atoms with Gasteiger partial charge in [0.1, 0.15) is 0 Å². The zero-order chi connectivity index (χ0) is 15.2. The van der Waals surface area contributed by atoms with Crippen molar-refractivity contribution in [3.05, 3.63) is 28.2 Å². The zero-order valence-electron chi connectivity index (χ0n) is 11.4. The summed E-state index contributed by atoms with van der Waals surface area (Å²) in [4.78, 5) is 23.5. The summed E-state index contributed by atoms with van der Waals surface area (Å²) in [6.07, 6.45) is 2.01. The summed E-state index contributed by atoms with van der Waals surface area (Å²) in [5, 5.41) is 2.68. The average molecular weight is 357 g/mol. The van der Waals surface area contributed by atoms with Crippen LogP contribution in [0.3, 0.4) is 0 Å². The van der Waals surface area contributed by atoms with Crippen molar-refractivity contribution in [1.29, 1.82) is 0 Å². The fourth-order valence-electron chi connectivity index (χ4n) is 2.00. The lowest BCUT2D eigenvalue weighted by Crippen LogP contribution is -2.34. The van der Waals surface area contributed by atoms with Crippen molar-refractivity contribution < 1.29 is 19.1 Å². The number of benzene rings is 1. The molecule has 0 spiro atoms. The summed E-state index contributed by atoms with van der Waals surface area (Å²) >= 11 is 3.25. The number of anilines is 1. The Kier molecular flexibility index (Phi) is 5.58. The molecule has 1 fully saturated rings. The second-order valence-corrected chi connectivity index (χ2v) is 5.66. The number of hydrogen-bond donors (Lipinski definition) is 2. The lowest BCUT2D eigenvalue weighted by molar-refractivity contribution is -0.124. The highest BCUT2D eigenvalue weighted by molar-refractivity contribution is 9.10. The van der Waals surface area contributed by atoms with Crippen molar-refractivity contribution >= 4 is 33.5 Å². The summed E-state index contributed by atoms with van der Waals surface area (Å²) in [6, 6.07) is 4.88. The van der Waals surface area contributed by atoms with Crippen LogP contribution in [0.25, 0.3) is 0 Å². The van der Waals surface area contributed by atoms with Crippen LogP contribution in [0.4, 0.5) is 5.69 Å². The standard InChI is InChI=1S/C14H17BrN2O4/c15-9-3-4-12(16)11(6-9)14(19)21-8-13(18)17-7-10-2-1-5-20-10/h3-4,6,10H,1-2,5,7-8,16H2,(H,17,18). The molecular weight excluding hydrogens is 340 g/mol. The molecule has 3 N–H and O–H groups in total. The molecule has 114 valence electrons. The second kappa shape index (κ2) is 7.42. The number of nitrogen functional groups attached to an aromatic ring is 1. The number of ether oxygens (including phenoxy) is 2. The molecule has 1 unspecified atom stereocenters. The van der Waals surface area contributed by atoms with Gasteiger partial charge in [-0.05, 0) is 31.0 Å². The van der Waals surface area contributed by atoms with Crippen molar-refractivity contribution in [2.75, 3.05) is 25.5 Å². The van der Waals surface area contributed by atoms with Crippen LogP contribution in [0.5, 0.6) is 0 Å². The lowest BCUT2D eigenvalue weighted by atomic mass is 10.2. The Morgan fingerprint density at radius 1 is 1.48 bits per heavy atom. The molecule has 1 amide bonds. The lowest BCUT2D eigenvalue weighted by Gasteiger charge is -2.11. The summed E-state index contributed by atoms with van der Waals surface area (Å²) in [7, 11) is 0. The maximum absolute atomic E-state index is 11.9. The number of amides is 1. The number of carbonyl (C=O) groups is 2. The van der Waals surface area contributed by atoms with Crippen LogP contribution in [0.1, 0.15) is 23.2 Å². The predicted molar refractivity (Wildman–Crippen MR) is 80.8 cm³/mol. The molecule has 1 saturated heterocycles. The Morgan fingerprint density at radius 2 is 2.29 bits per heavy atom. The number of rotatable bonds is 5. The van der Waals surface area contributed by atoms with Crippen molar-refractivity contribution in [2.45, 2.75) is 18.9 Å². The maximum Gasteiger partial charge on any atom is 0.340 e. The van der Waals surface area contributed by atoms with Gasteiger partial charge in [0.25, 0.3) is 5.91 Å². The zero-order valence-corrected chi connectivity index (χ0v) is 13.0. The van der Waals surface area contributed by atoms with E-state index >= 15 is 0 Å².